The van der Waals surface area contributed by atoms with Crippen molar-refractivity contribution < 1.29 is 28.7 Å². The standard InChI is InChI=1S/C26H37NO6/c1-15(29)32-20-11-19-24(5)9-6-10-25(19)18-8-7-16(30)12-26(18,20)17(13-28)21(25)27(14-24)22(31)33-23(2,3)4/h13,17-21H,6-12,14H2,1-5H3. The van der Waals surface area contributed by atoms with Crippen LogP contribution in [0.4, 0.5) is 4.79 Å². The van der Waals surface area contributed by atoms with Gasteiger partial charge < -0.3 is 19.2 Å². The number of carbonyl (C=O) groups is 4. The van der Waals surface area contributed by atoms with Gasteiger partial charge in [0.1, 0.15) is 23.8 Å². The summed E-state index contributed by atoms with van der Waals surface area (Å²) in [5, 5.41) is 0. The molecule has 0 radical (unpaired) electrons. The third kappa shape index (κ3) is 2.92. The van der Waals surface area contributed by atoms with E-state index in [2.05, 4.69) is 6.92 Å². The smallest absolute Gasteiger partial charge is 0.410 e. The molecule has 0 aromatic heterocycles. The molecule has 5 rings (SSSR count). The number of carbonyl (C=O) groups excluding carboxylic acids is 4. The number of esters is 1. The highest BCUT2D eigenvalue weighted by atomic mass is 16.6. The molecule has 0 N–H and O–H groups in total. The summed E-state index contributed by atoms with van der Waals surface area (Å²) in [5.41, 5.74) is -1.76. The fourth-order valence-electron chi connectivity index (χ4n) is 9.36. The minimum Gasteiger partial charge on any atom is -0.462 e. The van der Waals surface area contributed by atoms with E-state index in [4.69, 9.17) is 9.47 Å². The van der Waals surface area contributed by atoms with Gasteiger partial charge in [0, 0.05) is 37.6 Å². The molecule has 1 saturated heterocycles. The van der Waals surface area contributed by atoms with E-state index in [1.165, 1.54) is 6.92 Å². The molecule has 5 aliphatic rings. The SMILES string of the molecule is CC(=O)OC1CC2C3(C)CCCC24C(C(C=O)C12CC(=O)CCC24)N(C(=O)OC(C)(C)C)C3. The average molecular weight is 460 g/mol. The first kappa shape index (κ1) is 22.9. The molecular weight excluding hydrogens is 422 g/mol. The van der Waals surface area contributed by atoms with Gasteiger partial charge in [-0.05, 0) is 69.1 Å². The fourth-order valence-corrected chi connectivity index (χ4v) is 9.36. The molecular formula is C26H37NO6. The highest BCUT2D eigenvalue weighted by Crippen LogP contribution is 2.78. The number of hydrogen-bond acceptors (Lipinski definition) is 6. The Hall–Kier alpha value is -1.92. The third-order valence-electron chi connectivity index (χ3n) is 9.87. The molecule has 5 fully saturated rings. The second kappa shape index (κ2) is 7.05. The summed E-state index contributed by atoms with van der Waals surface area (Å²) in [6.07, 6.45) is 5.22. The Kier molecular flexibility index (Phi) is 4.88. The van der Waals surface area contributed by atoms with Gasteiger partial charge in [-0.2, -0.15) is 0 Å². The quantitative estimate of drug-likeness (QED) is 0.459. The van der Waals surface area contributed by atoms with Crippen molar-refractivity contribution in [2.24, 2.45) is 34.0 Å². The molecule has 182 valence electrons. The molecule has 8 unspecified atom stereocenters. The van der Waals surface area contributed by atoms with Crippen LogP contribution in [0.3, 0.4) is 0 Å². The third-order valence-corrected chi connectivity index (χ3v) is 9.87. The molecule has 4 saturated carbocycles. The molecule has 3 bridgehead atoms. The molecule has 0 aromatic rings. The van der Waals surface area contributed by atoms with E-state index in [9.17, 15) is 19.2 Å². The highest BCUT2D eigenvalue weighted by Gasteiger charge is 2.81. The molecule has 1 spiro atoms. The maximum atomic E-state index is 13.6. The van der Waals surface area contributed by atoms with Crippen molar-refractivity contribution in [3.63, 3.8) is 0 Å². The Labute approximate surface area is 195 Å². The largest absolute Gasteiger partial charge is 0.462 e. The van der Waals surface area contributed by atoms with E-state index in [1.807, 2.05) is 25.7 Å². The number of likely N-dealkylation sites (tertiary alicyclic amines) is 1. The van der Waals surface area contributed by atoms with Crippen molar-refractivity contribution in [2.75, 3.05) is 6.54 Å². The van der Waals surface area contributed by atoms with Crippen molar-refractivity contribution in [3.8, 4) is 0 Å². The summed E-state index contributed by atoms with van der Waals surface area (Å²) in [6.45, 7) is 9.77. The van der Waals surface area contributed by atoms with Crippen LogP contribution in [0.15, 0.2) is 0 Å². The maximum absolute atomic E-state index is 13.6. The Morgan fingerprint density at radius 3 is 2.52 bits per heavy atom. The minimum atomic E-state index is -0.729. The van der Waals surface area contributed by atoms with Crippen LogP contribution in [-0.2, 0) is 23.9 Å². The molecule has 8 atom stereocenters. The highest BCUT2D eigenvalue weighted by molar-refractivity contribution is 5.82. The number of amides is 1. The van der Waals surface area contributed by atoms with Crippen LogP contribution in [0.1, 0.15) is 79.6 Å². The molecule has 7 nitrogen and oxygen atoms in total. The Morgan fingerprint density at radius 2 is 1.88 bits per heavy atom. The first-order valence-corrected chi connectivity index (χ1v) is 12.5. The minimum absolute atomic E-state index is 0.0795. The van der Waals surface area contributed by atoms with Crippen molar-refractivity contribution in [2.45, 2.75) is 97.3 Å². The summed E-state index contributed by atoms with van der Waals surface area (Å²) >= 11 is 0. The normalized spacial score (nSPS) is 45.8. The van der Waals surface area contributed by atoms with E-state index >= 15 is 0 Å². The van der Waals surface area contributed by atoms with Gasteiger partial charge in [-0.25, -0.2) is 4.79 Å². The number of ketones is 1. The van der Waals surface area contributed by atoms with Crippen LogP contribution >= 0.6 is 0 Å². The van der Waals surface area contributed by atoms with Crippen molar-refractivity contribution >= 4 is 24.1 Å². The average Bonchev–Trinajstić information content (AvgIpc) is 2.88. The molecule has 1 amide bonds. The van der Waals surface area contributed by atoms with Gasteiger partial charge in [0.05, 0.1) is 6.04 Å². The van der Waals surface area contributed by atoms with Crippen LogP contribution in [0.5, 0.6) is 0 Å². The summed E-state index contributed by atoms with van der Waals surface area (Å²) < 4.78 is 11.8. The number of rotatable bonds is 2. The summed E-state index contributed by atoms with van der Waals surface area (Å²) in [5.74, 6) is -0.464. The number of nitrogens with zero attached hydrogens (tertiary/aromatic N) is 1. The van der Waals surface area contributed by atoms with Gasteiger partial charge in [0.15, 0.2) is 0 Å². The van der Waals surface area contributed by atoms with Gasteiger partial charge >= 0.3 is 12.1 Å². The Bertz CT molecular complexity index is 909. The lowest BCUT2D eigenvalue weighted by Gasteiger charge is -2.67. The number of Topliss-reactive ketones (excluding diaryl/α,β-unsaturated/α-hetero) is 1. The van der Waals surface area contributed by atoms with Crippen molar-refractivity contribution in [3.05, 3.63) is 0 Å². The van der Waals surface area contributed by atoms with Gasteiger partial charge in [-0.15, -0.1) is 0 Å². The number of aldehydes is 1. The van der Waals surface area contributed by atoms with E-state index in [0.717, 1.165) is 25.5 Å². The second-order valence-corrected chi connectivity index (χ2v) is 12.6. The number of hydrogen-bond donors (Lipinski definition) is 0. The van der Waals surface area contributed by atoms with Gasteiger partial charge in [0.2, 0.25) is 0 Å². The van der Waals surface area contributed by atoms with Crippen LogP contribution in [-0.4, -0.2) is 53.3 Å². The van der Waals surface area contributed by atoms with Gasteiger partial charge in [-0.1, -0.05) is 13.3 Å². The van der Waals surface area contributed by atoms with Crippen molar-refractivity contribution in [1.29, 1.82) is 0 Å². The monoisotopic (exact) mass is 459 g/mol. The second-order valence-electron chi connectivity index (χ2n) is 12.6. The summed E-state index contributed by atoms with van der Waals surface area (Å²) in [4.78, 5) is 53.4. The Balaban J connectivity index is 1.72. The van der Waals surface area contributed by atoms with E-state index in [1.54, 1.807) is 0 Å². The molecule has 4 aliphatic carbocycles. The summed E-state index contributed by atoms with van der Waals surface area (Å²) in [7, 11) is 0. The first-order chi connectivity index (χ1) is 15.4. The van der Waals surface area contributed by atoms with E-state index in [-0.39, 0.29) is 53.0 Å². The molecule has 0 aromatic carbocycles. The summed E-state index contributed by atoms with van der Waals surface area (Å²) in [6, 6.07) is -0.320. The van der Waals surface area contributed by atoms with E-state index < -0.39 is 23.0 Å². The topological polar surface area (TPSA) is 90.0 Å². The zero-order valence-corrected chi connectivity index (χ0v) is 20.5. The van der Waals surface area contributed by atoms with Crippen LogP contribution < -0.4 is 0 Å². The fraction of sp³-hybridized carbons (Fsp3) is 0.846. The van der Waals surface area contributed by atoms with Crippen LogP contribution in [0, 0.1) is 34.0 Å². The first-order valence-electron chi connectivity index (χ1n) is 12.5. The van der Waals surface area contributed by atoms with Crippen LogP contribution in [0.25, 0.3) is 0 Å². The Morgan fingerprint density at radius 1 is 1.15 bits per heavy atom. The van der Waals surface area contributed by atoms with Gasteiger partial charge in [-0.3, -0.25) is 9.59 Å². The van der Waals surface area contributed by atoms with Crippen molar-refractivity contribution in [1.82, 2.24) is 4.90 Å². The lowest BCUT2D eigenvalue weighted by molar-refractivity contribution is -0.215. The molecule has 1 aliphatic heterocycles. The zero-order valence-electron chi connectivity index (χ0n) is 20.5. The zero-order chi connectivity index (χ0) is 24.0. The lowest BCUT2D eigenvalue weighted by atomic mass is 9.41. The lowest BCUT2D eigenvalue weighted by Crippen LogP contribution is -2.69. The molecule has 33 heavy (non-hydrogen) atoms. The number of piperidine rings is 1. The predicted octanol–water partition coefficient (Wildman–Crippen LogP) is 3.92. The van der Waals surface area contributed by atoms with Crippen LogP contribution in [0.2, 0.25) is 0 Å². The molecule has 7 heteroatoms. The number of ether oxygens (including phenoxy) is 2. The van der Waals surface area contributed by atoms with Gasteiger partial charge in [0.25, 0.3) is 0 Å². The molecule has 1 heterocycles. The predicted molar refractivity (Wildman–Crippen MR) is 119 cm³/mol. The van der Waals surface area contributed by atoms with E-state index in [0.29, 0.717) is 25.8 Å². The maximum Gasteiger partial charge on any atom is 0.410 e.